The Balaban J connectivity index is 2.07. The quantitative estimate of drug-likeness (QED) is 0.399. The van der Waals surface area contributed by atoms with Gasteiger partial charge in [-0.05, 0) is 24.3 Å². The van der Waals surface area contributed by atoms with Gasteiger partial charge in [-0.25, -0.2) is 9.59 Å². The second-order valence-corrected chi connectivity index (χ2v) is 4.01. The molecule has 2 aromatic rings. The summed E-state index contributed by atoms with van der Waals surface area (Å²) in [5.41, 5.74) is -0.347. The Morgan fingerprint density at radius 1 is 1.00 bits per heavy atom. The van der Waals surface area contributed by atoms with E-state index in [1.165, 1.54) is 36.4 Å². The molecule has 0 unspecified atom stereocenters. The lowest BCUT2D eigenvalue weighted by molar-refractivity contribution is -0.384. The largest absolute Gasteiger partial charge is 0.519 e. The van der Waals surface area contributed by atoms with Crippen LogP contribution in [0.15, 0.2) is 48.5 Å². The van der Waals surface area contributed by atoms with Gasteiger partial charge in [0.25, 0.3) is 5.69 Å². The third-order valence-electron chi connectivity index (χ3n) is 2.56. The van der Waals surface area contributed by atoms with E-state index in [0.717, 1.165) is 12.1 Å². The minimum Gasteiger partial charge on any atom is -0.478 e. The van der Waals surface area contributed by atoms with Crippen molar-refractivity contribution in [3.05, 3.63) is 64.2 Å². The second kappa shape index (κ2) is 6.35. The molecule has 0 aliphatic heterocycles. The Morgan fingerprint density at radius 3 is 2.23 bits per heavy atom. The molecule has 8 nitrogen and oxygen atoms in total. The van der Waals surface area contributed by atoms with Crippen molar-refractivity contribution in [1.82, 2.24) is 0 Å². The molecule has 0 saturated heterocycles. The van der Waals surface area contributed by atoms with Gasteiger partial charge in [0, 0.05) is 12.1 Å². The number of nitro benzene ring substituents is 1. The number of nitrogens with zero attached hydrogens (tertiary/aromatic N) is 1. The number of non-ortho nitro benzene ring substituents is 1. The van der Waals surface area contributed by atoms with Crippen molar-refractivity contribution >= 4 is 17.8 Å². The van der Waals surface area contributed by atoms with Crippen molar-refractivity contribution in [2.75, 3.05) is 0 Å². The molecule has 0 spiro atoms. The fraction of sp³-hybridized carbons (Fsp3) is 0. The first-order valence-corrected chi connectivity index (χ1v) is 5.94. The summed E-state index contributed by atoms with van der Waals surface area (Å²) in [6.07, 6.45) is -1.15. The standard InChI is InChI=1S/C14H9NO7/c16-13(17)11-3-1-2-4-12(11)22-14(18)21-10-7-5-9(6-8-10)15(19)20/h1-8H,(H,16,17). The summed E-state index contributed by atoms with van der Waals surface area (Å²) >= 11 is 0. The van der Waals surface area contributed by atoms with E-state index in [1.807, 2.05) is 0 Å². The fourth-order valence-corrected chi connectivity index (χ4v) is 1.58. The Hall–Kier alpha value is -3.42. The van der Waals surface area contributed by atoms with Crippen LogP contribution in [0.5, 0.6) is 11.5 Å². The summed E-state index contributed by atoms with van der Waals surface area (Å²) in [6.45, 7) is 0. The maximum Gasteiger partial charge on any atom is 0.519 e. The molecule has 0 heterocycles. The van der Waals surface area contributed by atoms with Crippen LogP contribution < -0.4 is 9.47 Å². The first-order valence-electron chi connectivity index (χ1n) is 5.94. The number of benzene rings is 2. The van der Waals surface area contributed by atoms with Gasteiger partial charge in [0.05, 0.1) is 4.92 Å². The third-order valence-corrected chi connectivity index (χ3v) is 2.56. The fourth-order valence-electron chi connectivity index (χ4n) is 1.58. The molecule has 0 bridgehead atoms. The number of ether oxygens (including phenoxy) is 2. The van der Waals surface area contributed by atoms with Crippen LogP contribution >= 0.6 is 0 Å². The molecule has 0 aliphatic carbocycles. The summed E-state index contributed by atoms with van der Waals surface area (Å²) in [7, 11) is 0. The van der Waals surface area contributed by atoms with Crippen LogP contribution in [0, 0.1) is 10.1 Å². The molecule has 2 rings (SSSR count). The van der Waals surface area contributed by atoms with Gasteiger partial charge in [-0.3, -0.25) is 10.1 Å². The predicted molar refractivity (Wildman–Crippen MR) is 73.1 cm³/mol. The lowest BCUT2D eigenvalue weighted by atomic mass is 10.2. The first-order chi connectivity index (χ1) is 10.5. The molecule has 112 valence electrons. The number of para-hydroxylation sites is 1. The lowest BCUT2D eigenvalue weighted by Crippen LogP contribution is -2.15. The summed E-state index contributed by atoms with van der Waals surface area (Å²) in [4.78, 5) is 32.5. The molecule has 0 saturated carbocycles. The first kappa shape index (κ1) is 15.0. The lowest BCUT2D eigenvalue weighted by Gasteiger charge is -2.07. The van der Waals surface area contributed by atoms with Gasteiger partial charge < -0.3 is 14.6 Å². The highest BCUT2D eigenvalue weighted by molar-refractivity contribution is 5.91. The van der Waals surface area contributed by atoms with Gasteiger partial charge >= 0.3 is 12.1 Å². The van der Waals surface area contributed by atoms with Crippen LogP contribution in [0.1, 0.15) is 10.4 Å². The minimum absolute atomic E-state index is 0.0309. The van der Waals surface area contributed by atoms with Crippen molar-refractivity contribution in [2.45, 2.75) is 0 Å². The topological polar surface area (TPSA) is 116 Å². The molecule has 0 atom stereocenters. The van der Waals surface area contributed by atoms with E-state index in [0.29, 0.717) is 0 Å². The number of hydrogen-bond acceptors (Lipinski definition) is 6. The van der Waals surface area contributed by atoms with Gasteiger partial charge in [-0.15, -0.1) is 0 Å². The molecule has 0 aliphatic rings. The van der Waals surface area contributed by atoms with Crippen molar-refractivity contribution < 1.29 is 29.1 Å². The van der Waals surface area contributed by atoms with E-state index >= 15 is 0 Å². The molecule has 0 fully saturated rings. The molecule has 0 radical (unpaired) electrons. The van der Waals surface area contributed by atoms with Crippen molar-refractivity contribution in [2.24, 2.45) is 0 Å². The van der Waals surface area contributed by atoms with Crippen molar-refractivity contribution in [3.63, 3.8) is 0 Å². The van der Waals surface area contributed by atoms with Crippen molar-refractivity contribution in [1.29, 1.82) is 0 Å². The van der Waals surface area contributed by atoms with Gasteiger partial charge in [-0.2, -0.15) is 0 Å². The molecule has 22 heavy (non-hydrogen) atoms. The zero-order valence-electron chi connectivity index (χ0n) is 11.0. The molecule has 1 N–H and O–H groups in total. The molecule has 0 aromatic heterocycles. The maximum absolute atomic E-state index is 11.6. The van der Waals surface area contributed by atoms with E-state index in [2.05, 4.69) is 0 Å². The monoisotopic (exact) mass is 303 g/mol. The van der Waals surface area contributed by atoms with Crippen LogP contribution in [0.3, 0.4) is 0 Å². The summed E-state index contributed by atoms with van der Waals surface area (Å²) < 4.78 is 9.62. The Morgan fingerprint density at radius 2 is 1.64 bits per heavy atom. The zero-order valence-corrected chi connectivity index (χ0v) is 11.0. The second-order valence-electron chi connectivity index (χ2n) is 4.01. The summed E-state index contributed by atoms with van der Waals surface area (Å²) in [5.74, 6) is -1.39. The molecule has 0 amide bonds. The maximum atomic E-state index is 11.6. The van der Waals surface area contributed by atoms with Gasteiger partial charge in [0.2, 0.25) is 0 Å². The minimum atomic E-state index is -1.25. The predicted octanol–water partition coefficient (Wildman–Crippen LogP) is 2.87. The zero-order chi connectivity index (χ0) is 16.1. The van der Waals surface area contributed by atoms with Crippen LogP contribution in [-0.4, -0.2) is 22.2 Å². The average molecular weight is 303 g/mol. The highest BCUT2D eigenvalue weighted by atomic mass is 16.7. The van der Waals surface area contributed by atoms with E-state index in [9.17, 15) is 19.7 Å². The number of rotatable bonds is 4. The van der Waals surface area contributed by atoms with E-state index in [-0.39, 0.29) is 22.7 Å². The van der Waals surface area contributed by atoms with Crippen molar-refractivity contribution in [3.8, 4) is 11.5 Å². The number of carbonyl (C=O) groups is 2. The number of hydrogen-bond donors (Lipinski definition) is 1. The number of carbonyl (C=O) groups excluding carboxylic acids is 1. The van der Waals surface area contributed by atoms with Crippen LogP contribution in [0.4, 0.5) is 10.5 Å². The summed E-state index contributed by atoms with van der Waals surface area (Å²) in [5, 5.41) is 19.4. The number of carboxylic acids is 1. The van der Waals surface area contributed by atoms with Gasteiger partial charge in [0.1, 0.15) is 17.1 Å². The third kappa shape index (κ3) is 3.57. The number of aromatic carboxylic acids is 1. The number of nitro groups is 1. The van der Waals surface area contributed by atoms with Crippen LogP contribution in [0.2, 0.25) is 0 Å². The normalized spacial score (nSPS) is 9.82. The smallest absolute Gasteiger partial charge is 0.478 e. The van der Waals surface area contributed by atoms with E-state index < -0.39 is 17.0 Å². The highest BCUT2D eigenvalue weighted by Crippen LogP contribution is 2.21. The molecular formula is C14H9NO7. The molecule has 2 aromatic carbocycles. The Kier molecular flexibility index (Phi) is 4.33. The molecular weight excluding hydrogens is 294 g/mol. The summed E-state index contributed by atoms with van der Waals surface area (Å²) in [6, 6.07) is 10.3. The van der Waals surface area contributed by atoms with Gasteiger partial charge in [0.15, 0.2) is 0 Å². The van der Waals surface area contributed by atoms with E-state index in [4.69, 9.17) is 14.6 Å². The van der Waals surface area contributed by atoms with Crippen LogP contribution in [0.25, 0.3) is 0 Å². The van der Waals surface area contributed by atoms with E-state index in [1.54, 1.807) is 0 Å². The highest BCUT2D eigenvalue weighted by Gasteiger charge is 2.15. The Bertz CT molecular complexity index is 724. The van der Waals surface area contributed by atoms with Gasteiger partial charge in [-0.1, -0.05) is 12.1 Å². The SMILES string of the molecule is O=C(Oc1ccc([N+](=O)[O-])cc1)Oc1ccccc1C(=O)O. The van der Waals surface area contributed by atoms with Crippen LogP contribution in [-0.2, 0) is 0 Å². The average Bonchev–Trinajstić information content (AvgIpc) is 2.48. The molecule has 8 heteroatoms. The number of carboxylic acid groups (broad SMARTS) is 1. The Labute approximate surface area is 123 Å².